The molecule has 0 spiro atoms. The summed E-state index contributed by atoms with van der Waals surface area (Å²) < 4.78 is 39.5. The van der Waals surface area contributed by atoms with Crippen LogP contribution in [0.5, 0.6) is 0 Å². The molecule has 0 fully saturated rings. The Morgan fingerprint density at radius 2 is 1.94 bits per heavy atom. The van der Waals surface area contributed by atoms with E-state index in [-0.39, 0.29) is 12.1 Å². The van der Waals surface area contributed by atoms with Gasteiger partial charge in [0.15, 0.2) is 5.82 Å². The Morgan fingerprint density at radius 1 is 1.28 bits per heavy atom. The zero-order valence-corrected chi connectivity index (χ0v) is 10.7. The van der Waals surface area contributed by atoms with Crippen LogP contribution in [0.3, 0.4) is 0 Å². The van der Waals surface area contributed by atoms with Crippen molar-refractivity contribution in [3.63, 3.8) is 0 Å². The summed E-state index contributed by atoms with van der Waals surface area (Å²) >= 11 is 0. The van der Waals surface area contributed by atoms with E-state index in [1.54, 1.807) is 0 Å². The van der Waals surface area contributed by atoms with Crippen LogP contribution < -0.4 is 0 Å². The molecular weight excluding hydrogens is 245 g/mol. The van der Waals surface area contributed by atoms with E-state index in [0.717, 1.165) is 6.42 Å². The van der Waals surface area contributed by atoms with Crippen molar-refractivity contribution in [3.05, 3.63) is 11.6 Å². The molecule has 0 aliphatic carbocycles. The highest BCUT2D eigenvalue weighted by Crippen LogP contribution is 2.34. The summed E-state index contributed by atoms with van der Waals surface area (Å²) in [4.78, 5) is 2.17. The van der Waals surface area contributed by atoms with Crippen molar-refractivity contribution in [1.82, 2.24) is 19.7 Å². The zero-order chi connectivity index (χ0) is 13.5. The van der Waals surface area contributed by atoms with E-state index in [1.165, 1.54) is 4.57 Å². The lowest BCUT2D eigenvalue weighted by atomic mass is 10.1. The van der Waals surface area contributed by atoms with Crippen molar-refractivity contribution < 1.29 is 13.2 Å². The SMILES string of the molecule is CCC1c2nnc(C(F)(F)F)n2CCN1C(C)C. The van der Waals surface area contributed by atoms with E-state index < -0.39 is 12.0 Å². The Bertz CT molecular complexity index is 424. The predicted octanol–water partition coefficient (Wildman–Crippen LogP) is 2.47. The topological polar surface area (TPSA) is 34.0 Å². The van der Waals surface area contributed by atoms with Gasteiger partial charge in [-0.2, -0.15) is 13.2 Å². The Kier molecular flexibility index (Phi) is 3.35. The van der Waals surface area contributed by atoms with Gasteiger partial charge in [-0.15, -0.1) is 10.2 Å². The number of hydrogen-bond donors (Lipinski definition) is 0. The van der Waals surface area contributed by atoms with Gasteiger partial charge in [0.25, 0.3) is 0 Å². The molecule has 4 nitrogen and oxygen atoms in total. The van der Waals surface area contributed by atoms with Crippen LogP contribution in [0.2, 0.25) is 0 Å². The minimum Gasteiger partial charge on any atom is -0.305 e. The Balaban J connectivity index is 2.41. The highest BCUT2D eigenvalue weighted by molar-refractivity contribution is 5.07. The summed E-state index contributed by atoms with van der Waals surface area (Å²) in [7, 11) is 0. The fourth-order valence-electron chi connectivity index (χ4n) is 2.55. The minimum atomic E-state index is -4.43. The Morgan fingerprint density at radius 3 is 2.44 bits per heavy atom. The molecule has 0 aromatic carbocycles. The van der Waals surface area contributed by atoms with Crippen LogP contribution in [-0.2, 0) is 12.7 Å². The van der Waals surface area contributed by atoms with E-state index in [1.807, 2.05) is 20.8 Å². The summed E-state index contributed by atoms with van der Waals surface area (Å²) in [6.07, 6.45) is -3.70. The maximum absolute atomic E-state index is 12.8. The first-order valence-corrected chi connectivity index (χ1v) is 6.12. The third kappa shape index (κ3) is 2.11. The van der Waals surface area contributed by atoms with Gasteiger partial charge in [0.05, 0.1) is 6.04 Å². The average molecular weight is 262 g/mol. The van der Waals surface area contributed by atoms with E-state index in [9.17, 15) is 13.2 Å². The molecule has 0 bridgehead atoms. The molecule has 2 rings (SSSR count). The Labute approximate surface area is 104 Å². The molecule has 0 radical (unpaired) electrons. The molecule has 102 valence electrons. The molecule has 18 heavy (non-hydrogen) atoms. The van der Waals surface area contributed by atoms with E-state index in [4.69, 9.17) is 0 Å². The first-order chi connectivity index (χ1) is 8.36. The Hall–Kier alpha value is -1.11. The van der Waals surface area contributed by atoms with E-state index in [0.29, 0.717) is 18.9 Å². The van der Waals surface area contributed by atoms with Gasteiger partial charge in [0.1, 0.15) is 0 Å². The molecule has 0 amide bonds. The minimum absolute atomic E-state index is 0.0812. The van der Waals surface area contributed by atoms with Crippen LogP contribution in [0, 0.1) is 0 Å². The van der Waals surface area contributed by atoms with Gasteiger partial charge in [0, 0.05) is 19.1 Å². The van der Waals surface area contributed by atoms with Gasteiger partial charge in [-0.1, -0.05) is 6.92 Å². The van der Waals surface area contributed by atoms with E-state index in [2.05, 4.69) is 15.1 Å². The molecule has 1 aromatic heterocycles. The standard InChI is InChI=1S/C11H17F3N4/c1-4-8-9-15-16-10(11(12,13)14)18(9)6-5-17(8)7(2)3/h7-8H,4-6H2,1-3H3. The van der Waals surface area contributed by atoms with Gasteiger partial charge in [-0.05, 0) is 20.3 Å². The number of alkyl halides is 3. The molecule has 0 N–H and O–H groups in total. The van der Waals surface area contributed by atoms with Crippen LogP contribution in [0.15, 0.2) is 0 Å². The van der Waals surface area contributed by atoms with Crippen LogP contribution in [0.1, 0.15) is 44.9 Å². The first-order valence-electron chi connectivity index (χ1n) is 6.12. The lowest BCUT2D eigenvalue weighted by Crippen LogP contribution is -2.42. The second-order valence-electron chi connectivity index (χ2n) is 4.79. The van der Waals surface area contributed by atoms with Crippen LogP contribution >= 0.6 is 0 Å². The molecule has 1 atom stereocenters. The molecule has 1 aliphatic rings. The van der Waals surface area contributed by atoms with Crippen LogP contribution in [0.25, 0.3) is 0 Å². The number of fused-ring (bicyclic) bond motifs is 1. The molecule has 1 aromatic rings. The lowest BCUT2D eigenvalue weighted by molar-refractivity contribution is -0.148. The second-order valence-corrected chi connectivity index (χ2v) is 4.79. The summed E-state index contributed by atoms with van der Waals surface area (Å²) in [6, 6.07) is 0.206. The van der Waals surface area contributed by atoms with Crippen molar-refractivity contribution >= 4 is 0 Å². The van der Waals surface area contributed by atoms with Gasteiger partial charge in [-0.25, -0.2) is 0 Å². The monoisotopic (exact) mass is 262 g/mol. The maximum atomic E-state index is 12.8. The fourth-order valence-corrected chi connectivity index (χ4v) is 2.55. The van der Waals surface area contributed by atoms with Crippen molar-refractivity contribution in [2.24, 2.45) is 0 Å². The van der Waals surface area contributed by atoms with Crippen LogP contribution in [-0.4, -0.2) is 32.3 Å². The van der Waals surface area contributed by atoms with Crippen molar-refractivity contribution in [2.75, 3.05) is 6.54 Å². The number of aromatic nitrogens is 3. The van der Waals surface area contributed by atoms with Gasteiger partial charge in [-0.3, -0.25) is 4.90 Å². The largest absolute Gasteiger partial charge is 0.451 e. The number of nitrogens with zero attached hydrogens (tertiary/aromatic N) is 4. The summed E-state index contributed by atoms with van der Waals surface area (Å²) in [6.45, 7) is 6.94. The number of hydrogen-bond acceptors (Lipinski definition) is 3. The molecule has 0 saturated heterocycles. The zero-order valence-electron chi connectivity index (χ0n) is 10.7. The summed E-state index contributed by atoms with van der Waals surface area (Å²) in [5.41, 5.74) is 0. The van der Waals surface area contributed by atoms with Crippen molar-refractivity contribution in [2.45, 2.75) is 52.0 Å². The molecule has 7 heteroatoms. The molecule has 2 heterocycles. The van der Waals surface area contributed by atoms with Crippen molar-refractivity contribution in [1.29, 1.82) is 0 Å². The van der Waals surface area contributed by atoms with E-state index >= 15 is 0 Å². The quantitative estimate of drug-likeness (QED) is 0.821. The molecule has 0 saturated carbocycles. The first kappa shape index (κ1) is 13.3. The molecular formula is C11H17F3N4. The van der Waals surface area contributed by atoms with Crippen LogP contribution in [0.4, 0.5) is 13.2 Å². The summed E-state index contributed by atoms with van der Waals surface area (Å²) in [5, 5.41) is 7.08. The van der Waals surface area contributed by atoms with Gasteiger partial charge >= 0.3 is 6.18 Å². The second kappa shape index (κ2) is 4.53. The normalized spacial score (nSPS) is 21.4. The third-order valence-corrected chi connectivity index (χ3v) is 3.36. The fraction of sp³-hybridized carbons (Fsp3) is 0.818. The summed E-state index contributed by atoms with van der Waals surface area (Å²) in [5.74, 6) is -0.441. The highest BCUT2D eigenvalue weighted by Gasteiger charge is 2.41. The molecule has 1 aliphatic heterocycles. The number of rotatable bonds is 2. The highest BCUT2D eigenvalue weighted by atomic mass is 19.4. The smallest absolute Gasteiger partial charge is 0.305 e. The van der Waals surface area contributed by atoms with Crippen molar-refractivity contribution in [3.8, 4) is 0 Å². The number of halogens is 3. The maximum Gasteiger partial charge on any atom is 0.451 e. The predicted molar refractivity (Wildman–Crippen MR) is 59.9 cm³/mol. The average Bonchev–Trinajstić information content (AvgIpc) is 2.70. The van der Waals surface area contributed by atoms with Gasteiger partial charge in [0.2, 0.25) is 5.82 Å². The molecule has 1 unspecified atom stereocenters. The third-order valence-electron chi connectivity index (χ3n) is 3.36. The van der Waals surface area contributed by atoms with Gasteiger partial charge < -0.3 is 4.57 Å². The lowest BCUT2D eigenvalue weighted by Gasteiger charge is -2.38.